The van der Waals surface area contributed by atoms with Crippen molar-refractivity contribution in [2.45, 2.75) is 45.2 Å². The second-order valence-corrected chi connectivity index (χ2v) is 5.39. The van der Waals surface area contributed by atoms with E-state index in [0.29, 0.717) is 6.04 Å². The van der Waals surface area contributed by atoms with Crippen molar-refractivity contribution in [1.29, 1.82) is 0 Å². The lowest BCUT2D eigenvalue weighted by Crippen LogP contribution is -2.25. The number of rotatable bonds is 4. The third-order valence-corrected chi connectivity index (χ3v) is 3.89. The lowest BCUT2D eigenvalue weighted by atomic mass is 10.1. The zero-order chi connectivity index (χ0) is 13.1. The largest absolute Gasteiger partial charge is 0.344 e. The third kappa shape index (κ3) is 2.87. The van der Waals surface area contributed by atoms with Gasteiger partial charge in [0.15, 0.2) is 0 Å². The van der Waals surface area contributed by atoms with Crippen LogP contribution in [0.3, 0.4) is 0 Å². The predicted molar refractivity (Wildman–Crippen MR) is 77.9 cm³/mol. The van der Waals surface area contributed by atoms with Crippen LogP contribution in [0.1, 0.15) is 37.2 Å². The van der Waals surface area contributed by atoms with E-state index in [9.17, 15) is 0 Å². The molecule has 1 heterocycles. The molecule has 0 spiro atoms. The number of aromatic amines is 1. The fraction of sp³-hybridized carbons (Fsp3) is 0.438. The molecule has 0 radical (unpaired) electrons. The molecule has 19 heavy (non-hydrogen) atoms. The first-order chi connectivity index (χ1) is 9.33. The van der Waals surface area contributed by atoms with Crippen LogP contribution in [-0.2, 0) is 6.54 Å². The summed E-state index contributed by atoms with van der Waals surface area (Å²) in [5.41, 5.74) is 3.40. The smallest absolute Gasteiger partial charge is 0.121 e. The van der Waals surface area contributed by atoms with Crippen molar-refractivity contribution < 1.29 is 0 Å². The number of aryl methyl sites for hydroxylation is 1. The SMILES string of the molecule is Cc1[nH]c(CNC2CCCC2)nc1-c1ccccc1. The van der Waals surface area contributed by atoms with Gasteiger partial charge < -0.3 is 10.3 Å². The highest BCUT2D eigenvalue weighted by Gasteiger charge is 2.15. The van der Waals surface area contributed by atoms with Crippen LogP contribution in [0.2, 0.25) is 0 Å². The van der Waals surface area contributed by atoms with Gasteiger partial charge in [-0.2, -0.15) is 0 Å². The summed E-state index contributed by atoms with van der Waals surface area (Å²) >= 11 is 0. The first kappa shape index (κ1) is 12.4. The van der Waals surface area contributed by atoms with Crippen molar-refractivity contribution in [3.05, 3.63) is 41.9 Å². The van der Waals surface area contributed by atoms with Crippen molar-refractivity contribution >= 4 is 0 Å². The summed E-state index contributed by atoms with van der Waals surface area (Å²) in [4.78, 5) is 8.12. The van der Waals surface area contributed by atoms with Crippen molar-refractivity contribution in [2.24, 2.45) is 0 Å². The molecule has 3 rings (SSSR count). The molecule has 1 aromatic carbocycles. The molecule has 0 bridgehead atoms. The van der Waals surface area contributed by atoms with E-state index < -0.39 is 0 Å². The summed E-state index contributed by atoms with van der Waals surface area (Å²) < 4.78 is 0. The highest BCUT2D eigenvalue weighted by Crippen LogP contribution is 2.21. The standard InChI is InChI=1S/C16H21N3/c1-12-16(13-7-3-2-4-8-13)19-15(18-12)11-17-14-9-5-6-10-14/h2-4,7-8,14,17H,5-6,9-11H2,1H3,(H,18,19). The normalized spacial score (nSPS) is 16.1. The van der Waals surface area contributed by atoms with Crippen LogP contribution < -0.4 is 5.32 Å². The van der Waals surface area contributed by atoms with Crippen molar-refractivity contribution in [1.82, 2.24) is 15.3 Å². The monoisotopic (exact) mass is 255 g/mol. The number of nitrogens with one attached hydrogen (secondary N) is 2. The van der Waals surface area contributed by atoms with Gasteiger partial charge in [0, 0.05) is 17.3 Å². The molecule has 1 saturated carbocycles. The Balaban J connectivity index is 1.70. The van der Waals surface area contributed by atoms with Crippen LogP contribution in [0.25, 0.3) is 11.3 Å². The maximum absolute atomic E-state index is 4.72. The molecular weight excluding hydrogens is 234 g/mol. The minimum absolute atomic E-state index is 0.686. The van der Waals surface area contributed by atoms with Crippen LogP contribution in [0.4, 0.5) is 0 Å². The number of hydrogen-bond donors (Lipinski definition) is 2. The van der Waals surface area contributed by atoms with Crippen molar-refractivity contribution in [2.75, 3.05) is 0 Å². The van der Waals surface area contributed by atoms with Gasteiger partial charge in [-0.25, -0.2) is 4.98 Å². The lowest BCUT2D eigenvalue weighted by molar-refractivity contribution is 0.515. The van der Waals surface area contributed by atoms with Gasteiger partial charge in [-0.15, -0.1) is 0 Å². The van der Waals surface area contributed by atoms with Gasteiger partial charge in [0.2, 0.25) is 0 Å². The second kappa shape index (κ2) is 5.57. The minimum atomic E-state index is 0.686. The molecule has 0 unspecified atom stereocenters. The molecule has 100 valence electrons. The van der Waals surface area contributed by atoms with Crippen molar-refractivity contribution in [3.8, 4) is 11.3 Å². The first-order valence-electron chi connectivity index (χ1n) is 7.17. The van der Waals surface area contributed by atoms with E-state index in [0.717, 1.165) is 23.8 Å². The average molecular weight is 255 g/mol. The number of nitrogens with zero attached hydrogens (tertiary/aromatic N) is 1. The summed E-state index contributed by atoms with van der Waals surface area (Å²) in [6, 6.07) is 11.0. The molecule has 0 aliphatic heterocycles. The van der Waals surface area contributed by atoms with Gasteiger partial charge in [0.25, 0.3) is 0 Å². The Morgan fingerprint density at radius 2 is 1.95 bits per heavy atom. The summed E-state index contributed by atoms with van der Waals surface area (Å²) in [5.74, 6) is 1.04. The number of hydrogen-bond acceptors (Lipinski definition) is 2. The Morgan fingerprint density at radius 1 is 1.21 bits per heavy atom. The molecule has 1 aliphatic rings. The Kier molecular flexibility index (Phi) is 3.65. The second-order valence-electron chi connectivity index (χ2n) is 5.39. The molecule has 1 aromatic heterocycles. The van der Waals surface area contributed by atoms with Gasteiger partial charge in [-0.1, -0.05) is 43.2 Å². The average Bonchev–Trinajstić information content (AvgIpc) is 3.07. The fourth-order valence-electron chi connectivity index (χ4n) is 2.85. The number of imidazole rings is 1. The van der Waals surface area contributed by atoms with Crippen LogP contribution >= 0.6 is 0 Å². The molecule has 2 N–H and O–H groups in total. The van der Waals surface area contributed by atoms with Gasteiger partial charge >= 0.3 is 0 Å². The van der Waals surface area contributed by atoms with Gasteiger partial charge in [-0.05, 0) is 19.8 Å². The maximum atomic E-state index is 4.72. The minimum Gasteiger partial charge on any atom is -0.344 e. The highest BCUT2D eigenvalue weighted by molar-refractivity contribution is 5.61. The summed E-state index contributed by atoms with van der Waals surface area (Å²) in [5, 5.41) is 3.60. The molecule has 0 atom stereocenters. The molecule has 1 aliphatic carbocycles. The Morgan fingerprint density at radius 3 is 2.68 bits per heavy atom. The van der Waals surface area contributed by atoms with Crippen LogP contribution in [0.15, 0.2) is 30.3 Å². The molecule has 2 aromatic rings. The zero-order valence-electron chi connectivity index (χ0n) is 11.4. The van der Waals surface area contributed by atoms with E-state index in [2.05, 4.69) is 41.5 Å². The molecule has 0 amide bonds. The van der Waals surface area contributed by atoms with E-state index in [4.69, 9.17) is 4.98 Å². The number of benzene rings is 1. The highest BCUT2D eigenvalue weighted by atomic mass is 15.0. The third-order valence-electron chi connectivity index (χ3n) is 3.89. The molecule has 3 nitrogen and oxygen atoms in total. The summed E-state index contributed by atoms with van der Waals surface area (Å²) in [6.07, 6.45) is 5.35. The Labute approximate surface area is 114 Å². The molecular formula is C16H21N3. The van der Waals surface area contributed by atoms with E-state index in [-0.39, 0.29) is 0 Å². The van der Waals surface area contributed by atoms with Crippen LogP contribution in [-0.4, -0.2) is 16.0 Å². The van der Waals surface area contributed by atoms with Gasteiger partial charge in [-0.3, -0.25) is 0 Å². The van der Waals surface area contributed by atoms with Crippen molar-refractivity contribution in [3.63, 3.8) is 0 Å². The number of H-pyrrole nitrogens is 1. The Hall–Kier alpha value is -1.61. The van der Waals surface area contributed by atoms with Crippen LogP contribution in [0, 0.1) is 6.92 Å². The maximum Gasteiger partial charge on any atom is 0.121 e. The topological polar surface area (TPSA) is 40.7 Å². The fourth-order valence-corrected chi connectivity index (χ4v) is 2.85. The molecule has 1 fully saturated rings. The van der Waals surface area contributed by atoms with Gasteiger partial charge in [0.1, 0.15) is 5.82 Å². The summed E-state index contributed by atoms with van der Waals surface area (Å²) in [6.45, 7) is 2.94. The first-order valence-corrected chi connectivity index (χ1v) is 7.17. The quantitative estimate of drug-likeness (QED) is 0.879. The molecule has 3 heteroatoms. The van der Waals surface area contributed by atoms with E-state index in [1.54, 1.807) is 0 Å². The predicted octanol–water partition coefficient (Wildman–Crippen LogP) is 3.42. The van der Waals surface area contributed by atoms with Crippen LogP contribution in [0.5, 0.6) is 0 Å². The number of aromatic nitrogens is 2. The Bertz CT molecular complexity index is 524. The zero-order valence-corrected chi connectivity index (χ0v) is 11.4. The lowest BCUT2D eigenvalue weighted by Gasteiger charge is -2.09. The van der Waals surface area contributed by atoms with E-state index in [1.165, 1.54) is 31.2 Å². The van der Waals surface area contributed by atoms with Gasteiger partial charge in [0.05, 0.1) is 12.2 Å². The van der Waals surface area contributed by atoms with E-state index >= 15 is 0 Å². The van der Waals surface area contributed by atoms with E-state index in [1.807, 2.05) is 6.07 Å². The summed E-state index contributed by atoms with van der Waals surface area (Å²) in [7, 11) is 0. The molecule has 0 saturated heterocycles.